The van der Waals surface area contributed by atoms with Crippen LogP contribution in [0.5, 0.6) is 11.6 Å². The first-order valence-electron chi connectivity index (χ1n) is 8.54. The number of ether oxygens (including phenoxy) is 1. The van der Waals surface area contributed by atoms with Crippen molar-refractivity contribution in [3.8, 4) is 17.7 Å². The van der Waals surface area contributed by atoms with E-state index in [4.69, 9.17) is 22.3 Å². The molecule has 0 fully saturated rings. The summed E-state index contributed by atoms with van der Waals surface area (Å²) in [7, 11) is 0. The Labute approximate surface area is 166 Å². The number of nitrogens with zero attached hydrogens (tertiary/aromatic N) is 3. The van der Waals surface area contributed by atoms with Crippen LogP contribution in [0, 0.1) is 29.5 Å². The number of halogens is 2. The van der Waals surface area contributed by atoms with Crippen molar-refractivity contribution in [1.82, 2.24) is 4.98 Å². The van der Waals surface area contributed by atoms with Crippen LogP contribution >= 0.6 is 0 Å². The number of nitrogens with one attached hydrogen (secondary N) is 1. The van der Waals surface area contributed by atoms with E-state index in [2.05, 4.69) is 15.1 Å². The maximum absolute atomic E-state index is 14.3. The summed E-state index contributed by atoms with van der Waals surface area (Å²) in [6, 6.07) is 13.7. The molecule has 3 N–H and O–H groups in total. The Bertz CT molecular complexity index is 1090. The molecule has 3 aromatic rings. The van der Waals surface area contributed by atoms with Crippen molar-refractivity contribution < 1.29 is 13.5 Å². The van der Waals surface area contributed by atoms with Gasteiger partial charge in [-0.2, -0.15) is 10.2 Å². The lowest BCUT2D eigenvalue weighted by Gasteiger charge is -2.12. The van der Waals surface area contributed by atoms with Crippen LogP contribution < -0.4 is 15.8 Å². The molecule has 6 nitrogen and oxygen atoms in total. The normalized spacial score (nSPS) is 10.1. The van der Waals surface area contributed by atoms with Crippen LogP contribution in [-0.4, -0.2) is 4.98 Å². The lowest BCUT2D eigenvalue weighted by molar-refractivity contribution is 0.395. The van der Waals surface area contributed by atoms with Crippen LogP contribution in [0.25, 0.3) is 4.85 Å². The third kappa shape index (κ3) is 4.76. The fourth-order valence-corrected chi connectivity index (χ4v) is 2.52. The Morgan fingerprint density at radius 3 is 2.45 bits per heavy atom. The van der Waals surface area contributed by atoms with Gasteiger partial charge in [-0.3, -0.25) is 0 Å². The fraction of sp³-hybridized carbons (Fsp3) is 0.0952. The molecule has 0 spiro atoms. The molecule has 0 atom stereocenters. The van der Waals surface area contributed by atoms with Crippen LogP contribution in [0.2, 0.25) is 0 Å². The van der Waals surface area contributed by atoms with Gasteiger partial charge in [0.25, 0.3) is 0 Å². The number of pyridine rings is 1. The summed E-state index contributed by atoms with van der Waals surface area (Å²) < 4.78 is 33.9. The lowest BCUT2D eigenvalue weighted by atomic mass is 10.1. The zero-order valence-electron chi connectivity index (χ0n) is 15.1. The lowest BCUT2D eigenvalue weighted by Crippen LogP contribution is -2.02. The molecule has 0 radical (unpaired) electrons. The van der Waals surface area contributed by atoms with Gasteiger partial charge in [0.1, 0.15) is 0 Å². The average molecular weight is 391 g/mol. The van der Waals surface area contributed by atoms with E-state index in [0.717, 1.165) is 12.1 Å². The number of nitriles is 1. The Hall–Kier alpha value is -4.17. The molecule has 3 rings (SSSR count). The van der Waals surface area contributed by atoms with Crippen LogP contribution in [0.3, 0.4) is 0 Å². The summed E-state index contributed by atoms with van der Waals surface area (Å²) in [5.74, 6) is -2.18. The van der Waals surface area contributed by atoms with Gasteiger partial charge in [-0.15, -0.1) is 0 Å². The van der Waals surface area contributed by atoms with Crippen LogP contribution in [0.15, 0.2) is 48.5 Å². The van der Waals surface area contributed by atoms with Crippen LogP contribution in [0.1, 0.15) is 12.0 Å². The summed E-state index contributed by atoms with van der Waals surface area (Å²) >= 11 is 0. The molecule has 0 saturated heterocycles. The van der Waals surface area contributed by atoms with Crippen LogP contribution in [0.4, 0.5) is 31.7 Å². The van der Waals surface area contributed by atoms with E-state index >= 15 is 0 Å². The second kappa shape index (κ2) is 8.68. The summed E-state index contributed by atoms with van der Waals surface area (Å²) in [6.07, 6.45) is 0.398. The predicted octanol–water partition coefficient (Wildman–Crippen LogP) is 5.48. The number of rotatable bonds is 6. The second-order valence-corrected chi connectivity index (χ2v) is 6.02. The number of nitrogen functional groups attached to an aromatic ring is 1. The van der Waals surface area contributed by atoms with Crippen molar-refractivity contribution in [3.05, 3.63) is 77.1 Å². The minimum atomic E-state index is -0.888. The van der Waals surface area contributed by atoms with Gasteiger partial charge in [0, 0.05) is 18.2 Å². The standard InChI is InChI=1S/C21H15F2N5O/c1-26-14-4-6-15(7-5-14)27-21-18(25)8-9-19(28-21)29-20-16(22)11-13(3-2-10-24)12-17(20)23/h4-9,11-12H,2-3,25H2,(H,27,28). The van der Waals surface area contributed by atoms with Crippen molar-refractivity contribution in [2.45, 2.75) is 12.8 Å². The van der Waals surface area contributed by atoms with E-state index in [-0.39, 0.29) is 24.5 Å². The highest BCUT2D eigenvalue weighted by Crippen LogP contribution is 2.31. The zero-order chi connectivity index (χ0) is 20.8. The number of aryl methyl sites for hydroxylation is 1. The van der Waals surface area contributed by atoms with Gasteiger partial charge in [0.2, 0.25) is 11.6 Å². The van der Waals surface area contributed by atoms with Gasteiger partial charge < -0.3 is 15.8 Å². The number of benzene rings is 2. The molecule has 2 aromatic carbocycles. The molecule has 0 unspecified atom stereocenters. The first kappa shape index (κ1) is 19.6. The van der Waals surface area contributed by atoms with Crippen LogP contribution in [-0.2, 0) is 6.42 Å². The van der Waals surface area contributed by atoms with E-state index in [1.807, 2.05) is 6.07 Å². The van der Waals surface area contributed by atoms with Crippen molar-refractivity contribution in [1.29, 1.82) is 5.26 Å². The Morgan fingerprint density at radius 1 is 1.14 bits per heavy atom. The maximum atomic E-state index is 14.3. The molecule has 0 aliphatic heterocycles. The smallest absolute Gasteiger partial charge is 0.221 e. The van der Waals surface area contributed by atoms with Gasteiger partial charge in [-0.25, -0.2) is 13.6 Å². The van der Waals surface area contributed by atoms with E-state index in [1.165, 1.54) is 12.1 Å². The predicted molar refractivity (Wildman–Crippen MR) is 105 cm³/mol. The van der Waals surface area contributed by atoms with E-state index in [0.29, 0.717) is 22.6 Å². The van der Waals surface area contributed by atoms with Gasteiger partial charge in [-0.05, 0) is 42.3 Å². The minimum absolute atomic E-state index is 0.0537. The number of hydrogen-bond donors (Lipinski definition) is 2. The molecule has 0 bridgehead atoms. The largest absolute Gasteiger partial charge is 0.433 e. The molecule has 0 aliphatic carbocycles. The van der Waals surface area contributed by atoms with Crippen molar-refractivity contribution in [2.24, 2.45) is 0 Å². The van der Waals surface area contributed by atoms with Crippen molar-refractivity contribution in [3.63, 3.8) is 0 Å². The molecule has 29 heavy (non-hydrogen) atoms. The first-order chi connectivity index (χ1) is 14.0. The van der Waals surface area contributed by atoms with Gasteiger partial charge in [0.15, 0.2) is 23.1 Å². The molecule has 0 amide bonds. The molecule has 0 aliphatic rings. The van der Waals surface area contributed by atoms with E-state index in [9.17, 15) is 8.78 Å². The van der Waals surface area contributed by atoms with Gasteiger partial charge in [-0.1, -0.05) is 12.1 Å². The number of anilines is 3. The van der Waals surface area contributed by atoms with Gasteiger partial charge >= 0.3 is 0 Å². The second-order valence-electron chi connectivity index (χ2n) is 6.02. The highest BCUT2D eigenvalue weighted by molar-refractivity contribution is 5.70. The topological polar surface area (TPSA) is 88.3 Å². The van der Waals surface area contributed by atoms with Crippen molar-refractivity contribution in [2.75, 3.05) is 11.1 Å². The van der Waals surface area contributed by atoms with Crippen molar-refractivity contribution >= 4 is 22.9 Å². The quantitative estimate of drug-likeness (QED) is 0.543. The minimum Gasteiger partial charge on any atom is -0.433 e. The SMILES string of the molecule is [C-]#[N+]c1ccc(Nc2nc(Oc3c(F)cc(CCC#N)cc3F)ccc2N)cc1. The molecule has 144 valence electrons. The molecule has 1 aromatic heterocycles. The average Bonchev–Trinajstić information content (AvgIpc) is 2.72. The van der Waals surface area contributed by atoms with E-state index < -0.39 is 17.4 Å². The highest BCUT2D eigenvalue weighted by atomic mass is 19.1. The summed E-state index contributed by atoms with van der Waals surface area (Å²) in [6.45, 7) is 6.97. The highest BCUT2D eigenvalue weighted by Gasteiger charge is 2.15. The zero-order valence-corrected chi connectivity index (χ0v) is 15.1. The number of nitrogens with two attached hydrogens (primary N) is 1. The Morgan fingerprint density at radius 2 is 1.83 bits per heavy atom. The fourth-order valence-electron chi connectivity index (χ4n) is 2.52. The maximum Gasteiger partial charge on any atom is 0.221 e. The molecular formula is C21H15F2N5O. The molecular weight excluding hydrogens is 376 g/mol. The van der Waals surface area contributed by atoms with Gasteiger partial charge in [0.05, 0.1) is 18.3 Å². The molecule has 1 heterocycles. The first-order valence-corrected chi connectivity index (χ1v) is 8.54. The third-order valence-electron chi connectivity index (χ3n) is 3.95. The summed E-state index contributed by atoms with van der Waals surface area (Å²) in [5, 5.41) is 11.6. The number of aromatic nitrogens is 1. The monoisotopic (exact) mass is 391 g/mol. The Kier molecular flexibility index (Phi) is 5.86. The van der Waals surface area contributed by atoms with E-state index in [1.54, 1.807) is 24.3 Å². The Balaban J connectivity index is 1.83. The summed E-state index contributed by atoms with van der Waals surface area (Å²) in [4.78, 5) is 7.48. The third-order valence-corrected chi connectivity index (χ3v) is 3.95. The number of hydrogen-bond acceptors (Lipinski definition) is 5. The molecule has 0 saturated carbocycles. The summed E-state index contributed by atoms with van der Waals surface area (Å²) in [5.41, 5.74) is 7.70. The molecule has 8 heteroatoms.